The van der Waals surface area contributed by atoms with Gasteiger partial charge in [-0.3, -0.25) is 4.79 Å². The van der Waals surface area contributed by atoms with Crippen LogP contribution in [0.15, 0.2) is 18.3 Å². The van der Waals surface area contributed by atoms with E-state index >= 15 is 0 Å². The van der Waals surface area contributed by atoms with Crippen LogP contribution in [-0.2, 0) is 0 Å². The maximum absolute atomic E-state index is 12.4. The first-order chi connectivity index (χ1) is 8.62. The zero-order valence-corrected chi connectivity index (χ0v) is 9.46. The fraction of sp³-hybridized carbons (Fsp3) is 0.455. The number of amides is 3. The number of carbonyl (C=O) groups is 2. The minimum atomic E-state index is -0.834. The smallest absolute Gasteiger partial charge is 0.318 e. The molecule has 1 aromatic heterocycles. The first-order valence-corrected chi connectivity index (χ1v) is 5.87. The lowest BCUT2D eigenvalue weighted by atomic mass is 10.0. The summed E-state index contributed by atoms with van der Waals surface area (Å²) in [6.45, 7) is 0.252. The second kappa shape index (κ2) is 2.86. The normalized spacial score (nSPS) is 36.8. The average Bonchev–Trinajstić information content (AvgIpc) is 2.95. The summed E-state index contributed by atoms with van der Waals surface area (Å²) in [4.78, 5) is 25.6. The molecule has 0 saturated carbocycles. The summed E-state index contributed by atoms with van der Waals surface area (Å²) in [6, 6.07) is 3.19. The average molecular weight is 248 g/mol. The van der Waals surface area contributed by atoms with Gasteiger partial charge >= 0.3 is 6.03 Å². The number of carbonyl (C=O) groups excluding carboxylic acids is 2. The van der Waals surface area contributed by atoms with Gasteiger partial charge in [0.1, 0.15) is 11.9 Å². The third-order valence-electron chi connectivity index (χ3n) is 3.99. The Kier molecular flexibility index (Phi) is 1.58. The van der Waals surface area contributed by atoms with Crippen molar-refractivity contribution in [2.45, 2.75) is 24.4 Å². The predicted molar refractivity (Wildman–Crippen MR) is 59.5 cm³/mol. The number of aliphatic hydroxyl groups excluding tert-OH is 1. The molecule has 94 valence electrons. The van der Waals surface area contributed by atoms with Crippen molar-refractivity contribution in [1.82, 2.24) is 20.1 Å². The fourth-order valence-electron chi connectivity index (χ4n) is 3.33. The summed E-state index contributed by atoms with van der Waals surface area (Å²) in [5.41, 5.74) is -0.298. The van der Waals surface area contributed by atoms with Gasteiger partial charge in [0, 0.05) is 19.2 Å². The van der Waals surface area contributed by atoms with Gasteiger partial charge in [0.25, 0.3) is 5.91 Å². The molecule has 0 aromatic carbocycles. The van der Waals surface area contributed by atoms with E-state index in [4.69, 9.17) is 0 Å². The molecule has 3 aliphatic rings. The number of nitrogens with zero attached hydrogens (tertiary/aromatic N) is 2. The van der Waals surface area contributed by atoms with Gasteiger partial charge in [-0.2, -0.15) is 0 Å². The Hall–Kier alpha value is -2.02. The summed E-state index contributed by atoms with van der Waals surface area (Å²) in [7, 11) is 0. The van der Waals surface area contributed by atoms with E-state index in [2.05, 4.69) is 10.6 Å². The van der Waals surface area contributed by atoms with Crippen LogP contribution in [0.1, 0.15) is 23.1 Å². The summed E-state index contributed by atoms with van der Waals surface area (Å²) in [5, 5.41) is 15.4. The van der Waals surface area contributed by atoms with E-state index in [9.17, 15) is 14.7 Å². The molecule has 0 radical (unpaired) electrons. The second-order valence-electron chi connectivity index (χ2n) is 5.00. The molecule has 0 aliphatic carbocycles. The quantitative estimate of drug-likeness (QED) is 0.562. The van der Waals surface area contributed by atoms with Crippen LogP contribution in [0.25, 0.3) is 0 Å². The lowest BCUT2D eigenvalue weighted by Gasteiger charge is -2.42. The Morgan fingerprint density at radius 2 is 2.28 bits per heavy atom. The molecule has 1 spiro atoms. The zero-order chi connectivity index (χ0) is 12.5. The number of urea groups is 1. The number of fused-ring (bicyclic) bond motifs is 2. The van der Waals surface area contributed by atoms with Crippen LogP contribution < -0.4 is 10.6 Å². The van der Waals surface area contributed by atoms with Crippen LogP contribution in [0.3, 0.4) is 0 Å². The SMILES string of the molecule is O=C1N[C@H]2n3cccc3C(=O)N3C[C@H](O)C[C@]23N1. The third-order valence-corrected chi connectivity index (χ3v) is 3.99. The molecular formula is C11H12N4O3. The van der Waals surface area contributed by atoms with E-state index in [0.29, 0.717) is 12.1 Å². The molecule has 0 bridgehead atoms. The van der Waals surface area contributed by atoms with Gasteiger partial charge in [-0.05, 0) is 12.1 Å². The lowest BCUT2D eigenvalue weighted by molar-refractivity contribution is 0.0313. The topological polar surface area (TPSA) is 86.6 Å². The molecular weight excluding hydrogens is 236 g/mol. The maximum Gasteiger partial charge on any atom is 0.318 e. The highest BCUT2D eigenvalue weighted by Gasteiger charge is 2.61. The van der Waals surface area contributed by atoms with Gasteiger partial charge in [-0.25, -0.2) is 4.79 Å². The summed E-state index contributed by atoms with van der Waals surface area (Å²) in [6.07, 6.45) is 1.15. The molecule has 4 rings (SSSR count). The van der Waals surface area contributed by atoms with Crippen molar-refractivity contribution in [3.05, 3.63) is 24.0 Å². The van der Waals surface area contributed by atoms with Crippen molar-refractivity contribution in [2.24, 2.45) is 0 Å². The Labute approximate surface area is 102 Å². The molecule has 3 amide bonds. The molecule has 7 nitrogen and oxygen atoms in total. The Balaban J connectivity index is 1.94. The lowest BCUT2D eigenvalue weighted by Crippen LogP contribution is -2.62. The standard InChI is InChI=1S/C11H12N4O3/c16-6-4-11-9(12-10(18)13-11)14-3-1-2-7(14)8(17)15(11)5-6/h1-3,6,9,16H,4-5H2,(H2,12,13,18)/t6-,9+,11-/m1/s1. The number of aliphatic hydroxyl groups is 1. The Morgan fingerprint density at radius 3 is 3.11 bits per heavy atom. The highest BCUT2D eigenvalue weighted by atomic mass is 16.3. The number of aromatic nitrogens is 1. The van der Waals surface area contributed by atoms with E-state index in [1.54, 1.807) is 27.8 Å². The van der Waals surface area contributed by atoms with Crippen molar-refractivity contribution in [1.29, 1.82) is 0 Å². The van der Waals surface area contributed by atoms with Crippen molar-refractivity contribution in [3.8, 4) is 0 Å². The monoisotopic (exact) mass is 248 g/mol. The van der Waals surface area contributed by atoms with E-state index in [-0.39, 0.29) is 24.6 Å². The van der Waals surface area contributed by atoms with Gasteiger partial charge in [0.15, 0.2) is 5.66 Å². The second-order valence-corrected chi connectivity index (χ2v) is 5.00. The van der Waals surface area contributed by atoms with Crippen LogP contribution in [0.2, 0.25) is 0 Å². The minimum absolute atomic E-state index is 0.156. The first kappa shape index (κ1) is 9.95. The van der Waals surface area contributed by atoms with Crippen LogP contribution >= 0.6 is 0 Å². The largest absolute Gasteiger partial charge is 0.391 e. The number of hydrogen-bond donors (Lipinski definition) is 3. The van der Waals surface area contributed by atoms with E-state index in [1.807, 2.05) is 0 Å². The van der Waals surface area contributed by atoms with Crippen LogP contribution in [0, 0.1) is 0 Å². The summed E-state index contributed by atoms with van der Waals surface area (Å²) >= 11 is 0. The van der Waals surface area contributed by atoms with Gasteiger partial charge < -0.3 is 25.2 Å². The molecule has 3 atom stereocenters. The maximum atomic E-state index is 12.4. The Morgan fingerprint density at radius 1 is 1.44 bits per heavy atom. The van der Waals surface area contributed by atoms with Gasteiger partial charge in [0.2, 0.25) is 0 Å². The number of hydrogen-bond acceptors (Lipinski definition) is 3. The summed E-state index contributed by atoms with van der Waals surface area (Å²) < 4.78 is 1.76. The molecule has 0 unspecified atom stereocenters. The highest BCUT2D eigenvalue weighted by molar-refractivity contribution is 5.96. The highest BCUT2D eigenvalue weighted by Crippen LogP contribution is 2.42. The third kappa shape index (κ3) is 0.943. The molecule has 3 aliphatic heterocycles. The zero-order valence-electron chi connectivity index (χ0n) is 9.46. The fourth-order valence-corrected chi connectivity index (χ4v) is 3.33. The molecule has 2 saturated heterocycles. The van der Waals surface area contributed by atoms with Crippen LogP contribution in [-0.4, -0.2) is 44.8 Å². The molecule has 7 heteroatoms. The van der Waals surface area contributed by atoms with Crippen molar-refractivity contribution < 1.29 is 14.7 Å². The van der Waals surface area contributed by atoms with Crippen molar-refractivity contribution in [2.75, 3.05) is 6.54 Å². The van der Waals surface area contributed by atoms with Gasteiger partial charge in [0.05, 0.1) is 6.10 Å². The molecule has 3 N–H and O–H groups in total. The van der Waals surface area contributed by atoms with E-state index < -0.39 is 11.8 Å². The number of nitrogens with one attached hydrogen (secondary N) is 2. The van der Waals surface area contributed by atoms with Gasteiger partial charge in [-0.15, -0.1) is 0 Å². The Bertz CT molecular complexity index is 568. The first-order valence-electron chi connectivity index (χ1n) is 5.87. The van der Waals surface area contributed by atoms with Crippen molar-refractivity contribution >= 4 is 11.9 Å². The minimum Gasteiger partial charge on any atom is -0.391 e. The molecule has 4 heterocycles. The number of rotatable bonds is 0. The van der Waals surface area contributed by atoms with Crippen LogP contribution in [0.5, 0.6) is 0 Å². The van der Waals surface area contributed by atoms with E-state index in [0.717, 1.165) is 0 Å². The summed E-state index contributed by atoms with van der Waals surface area (Å²) in [5.74, 6) is -0.156. The molecule has 18 heavy (non-hydrogen) atoms. The van der Waals surface area contributed by atoms with E-state index in [1.165, 1.54) is 0 Å². The predicted octanol–water partition coefficient (Wildman–Crippen LogP) is -0.784. The van der Waals surface area contributed by atoms with Crippen LogP contribution in [0.4, 0.5) is 4.79 Å². The molecule has 1 aromatic rings. The van der Waals surface area contributed by atoms with Crippen molar-refractivity contribution in [3.63, 3.8) is 0 Å². The van der Waals surface area contributed by atoms with Gasteiger partial charge in [-0.1, -0.05) is 0 Å². The molecule has 2 fully saturated rings.